The van der Waals surface area contributed by atoms with Gasteiger partial charge in [-0.25, -0.2) is 0 Å². The van der Waals surface area contributed by atoms with Crippen molar-refractivity contribution in [3.63, 3.8) is 0 Å². The quantitative estimate of drug-likeness (QED) is 0.561. The highest BCUT2D eigenvalue weighted by atomic mass is 16.5. The van der Waals surface area contributed by atoms with Crippen LogP contribution in [-0.4, -0.2) is 47.3 Å². The molecule has 2 heterocycles. The zero-order valence-electron chi connectivity index (χ0n) is 17.9. The highest BCUT2D eigenvalue weighted by Gasteiger charge is 2.22. The third kappa shape index (κ3) is 5.05. The molecule has 2 aromatic carbocycles. The van der Waals surface area contributed by atoms with Crippen LogP contribution >= 0.6 is 0 Å². The summed E-state index contributed by atoms with van der Waals surface area (Å²) in [7, 11) is 0. The lowest BCUT2D eigenvalue weighted by Gasteiger charge is -2.30. The van der Waals surface area contributed by atoms with E-state index < -0.39 is 0 Å². The summed E-state index contributed by atoms with van der Waals surface area (Å²) in [5.74, 6) is 2.71. The molecule has 1 fully saturated rings. The Morgan fingerprint density at radius 1 is 1.16 bits per heavy atom. The number of nitrogens with zero attached hydrogens (tertiary/aromatic N) is 3. The van der Waals surface area contributed by atoms with E-state index in [0.29, 0.717) is 35.6 Å². The zero-order chi connectivity index (χ0) is 21.6. The minimum Gasteiger partial charge on any atom is -0.494 e. The fraction of sp³-hybridized carbons (Fsp3) is 0.375. The minimum absolute atomic E-state index is 0.00421. The molecule has 0 unspecified atom stereocenters. The Kier molecular flexibility index (Phi) is 6.50. The Bertz CT molecular complexity index is 1020. The van der Waals surface area contributed by atoms with E-state index in [9.17, 15) is 4.79 Å². The summed E-state index contributed by atoms with van der Waals surface area (Å²) >= 11 is 0. The molecular weight excluding hydrogens is 394 g/mol. The number of rotatable bonds is 7. The van der Waals surface area contributed by atoms with Gasteiger partial charge in [0.1, 0.15) is 11.5 Å². The number of carbonyl (C=O) groups is 1. The number of aromatic nitrogens is 2. The molecule has 0 saturated carbocycles. The Morgan fingerprint density at radius 3 is 2.74 bits per heavy atom. The van der Waals surface area contributed by atoms with Crippen LogP contribution < -0.4 is 9.47 Å². The molecule has 7 nitrogen and oxygen atoms in total. The van der Waals surface area contributed by atoms with E-state index in [-0.39, 0.29) is 12.5 Å². The fourth-order valence-corrected chi connectivity index (χ4v) is 3.73. The second kappa shape index (κ2) is 9.64. The van der Waals surface area contributed by atoms with E-state index >= 15 is 0 Å². The zero-order valence-corrected chi connectivity index (χ0v) is 17.9. The number of hydrogen-bond donors (Lipinski definition) is 0. The summed E-state index contributed by atoms with van der Waals surface area (Å²) in [5, 5.41) is 4.12. The number of hydrogen-bond acceptors (Lipinski definition) is 6. The number of ether oxygens (including phenoxy) is 2. The van der Waals surface area contributed by atoms with Crippen LogP contribution in [0.2, 0.25) is 0 Å². The van der Waals surface area contributed by atoms with Crippen LogP contribution in [0.1, 0.15) is 26.7 Å². The third-order valence-electron chi connectivity index (χ3n) is 5.33. The normalized spacial score (nSPS) is 16.2. The lowest BCUT2D eigenvalue weighted by atomic mass is 10.0. The van der Waals surface area contributed by atoms with Crippen molar-refractivity contribution in [3.8, 4) is 34.3 Å². The van der Waals surface area contributed by atoms with E-state index in [1.807, 2.05) is 60.4 Å². The summed E-state index contributed by atoms with van der Waals surface area (Å²) in [6, 6.07) is 14.9. The van der Waals surface area contributed by atoms with Crippen molar-refractivity contribution in [2.75, 3.05) is 26.3 Å². The van der Waals surface area contributed by atoms with Crippen molar-refractivity contribution in [1.82, 2.24) is 15.0 Å². The molecule has 0 N–H and O–H groups in total. The maximum absolute atomic E-state index is 12.6. The number of piperidine rings is 1. The Morgan fingerprint density at radius 2 is 1.97 bits per heavy atom. The van der Waals surface area contributed by atoms with Crippen LogP contribution in [0.3, 0.4) is 0 Å². The molecular formula is C24H27N3O4. The number of carbonyl (C=O) groups excluding carboxylic acids is 1. The average molecular weight is 421 g/mol. The molecule has 0 spiro atoms. The van der Waals surface area contributed by atoms with Crippen molar-refractivity contribution in [2.45, 2.75) is 26.7 Å². The van der Waals surface area contributed by atoms with Gasteiger partial charge in [0.15, 0.2) is 6.61 Å². The van der Waals surface area contributed by atoms with Crippen LogP contribution in [0.4, 0.5) is 0 Å². The van der Waals surface area contributed by atoms with Gasteiger partial charge in [-0.2, -0.15) is 4.98 Å². The Hall–Kier alpha value is -3.35. The third-order valence-corrected chi connectivity index (χ3v) is 5.33. The number of likely N-dealkylation sites (tertiary alicyclic amines) is 1. The molecule has 1 aromatic heterocycles. The SMILES string of the molecule is CCOc1ccc(-c2nc(-c3ccccc3OCC(=O)N3CCC[C@H](C)C3)no2)cc1. The van der Waals surface area contributed by atoms with E-state index in [0.717, 1.165) is 30.8 Å². The van der Waals surface area contributed by atoms with Crippen LogP contribution in [0.25, 0.3) is 22.8 Å². The number of benzene rings is 2. The van der Waals surface area contributed by atoms with Crippen LogP contribution in [-0.2, 0) is 4.79 Å². The van der Waals surface area contributed by atoms with Gasteiger partial charge in [0.2, 0.25) is 5.82 Å². The summed E-state index contributed by atoms with van der Waals surface area (Å²) in [5.41, 5.74) is 1.48. The molecule has 0 bridgehead atoms. The second-order valence-electron chi connectivity index (χ2n) is 7.75. The van der Waals surface area contributed by atoms with E-state index in [1.54, 1.807) is 0 Å². The molecule has 4 rings (SSSR count). The Labute approximate surface area is 182 Å². The first-order valence-corrected chi connectivity index (χ1v) is 10.7. The summed E-state index contributed by atoms with van der Waals surface area (Å²) < 4.78 is 16.8. The van der Waals surface area contributed by atoms with Gasteiger partial charge in [0, 0.05) is 18.7 Å². The van der Waals surface area contributed by atoms with Crippen LogP contribution in [0.15, 0.2) is 53.1 Å². The molecule has 1 atom stereocenters. The molecule has 162 valence electrons. The molecule has 1 saturated heterocycles. The van der Waals surface area contributed by atoms with Crippen molar-refractivity contribution in [2.24, 2.45) is 5.92 Å². The number of amides is 1. The van der Waals surface area contributed by atoms with E-state index in [2.05, 4.69) is 17.1 Å². The van der Waals surface area contributed by atoms with Crippen molar-refractivity contribution in [1.29, 1.82) is 0 Å². The van der Waals surface area contributed by atoms with Crippen molar-refractivity contribution >= 4 is 5.91 Å². The first kappa shape index (κ1) is 20.9. The predicted molar refractivity (Wildman–Crippen MR) is 117 cm³/mol. The topological polar surface area (TPSA) is 77.7 Å². The molecule has 0 aliphatic carbocycles. The van der Waals surface area contributed by atoms with Gasteiger partial charge in [-0.1, -0.05) is 24.2 Å². The first-order valence-electron chi connectivity index (χ1n) is 10.7. The lowest BCUT2D eigenvalue weighted by molar-refractivity contribution is -0.135. The van der Waals surface area contributed by atoms with Gasteiger partial charge >= 0.3 is 0 Å². The molecule has 7 heteroatoms. The van der Waals surface area contributed by atoms with Crippen LogP contribution in [0, 0.1) is 5.92 Å². The summed E-state index contributed by atoms with van der Waals surface area (Å²) in [4.78, 5) is 19.0. The standard InChI is InChI=1S/C24H27N3O4/c1-3-29-19-12-10-18(11-13-19)24-25-23(26-31-24)20-8-4-5-9-21(20)30-16-22(28)27-14-6-7-17(2)15-27/h4-5,8-13,17H,3,6-7,14-16H2,1-2H3/t17-/m0/s1. The van der Waals surface area contributed by atoms with Crippen molar-refractivity contribution in [3.05, 3.63) is 48.5 Å². The summed E-state index contributed by atoms with van der Waals surface area (Å²) in [6.07, 6.45) is 2.21. The van der Waals surface area contributed by atoms with Gasteiger partial charge in [-0.3, -0.25) is 4.79 Å². The molecule has 3 aromatic rings. The molecule has 1 aliphatic heterocycles. The first-order chi connectivity index (χ1) is 15.1. The maximum atomic E-state index is 12.6. The highest BCUT2D eigenvalue weighted by molar-refractivity contribution is 5.78. The van der Waals surface area contributed by atoms with Gasteiger partial charge in [0.05, 0.1) is 12.2 Å². The number of para-hydroxylation sites is 1. The highest BCUT2D eigenvalue weighted by Crippen LogP contribution is 2.30. The monoisotopic (exact) mass is 421 g/mol. The van der Waals surface area contributed by atoms with Gasteiger partial charge in [0.25, 0.3) is 11.8 Å². The fourth-order valence-electron chi connectivity index (χ4n) is 3.73. The smallest absolute Gasteiger partial charge is 0.260 e. The largest absolute Gasteiger partial charge is 0.494 e. The van der Waals surface area contributed by atoms with E-state index in [4.69, 9.17) is 14.0 Å². The van der Waals surface area contributed by atoms with Gasteiger partial charge in [-0.15, -0.1) is 0 Å². The summed E-state index contributed by atoms with van der Waals surface area (Å²) in [6.45, 7) is 6.31. The van der Waals surface area contributed by atoms with Gasteiger partial charge < -0.3 is 18.9 Å². The Balaban J connectivity index is 1.46. The predicted octanol–water partition coefficient (Wildman–Crippen LogP) is 4.44. The van der Waals surface area contributed by atoms with E-state index in [1.165, 1.54) is 6.42 Å². The maximum Gasteiger partial charge on any atom is 0.260 e. The van der Waals surface area contributed by atoms with Crippen molar-refractivity contribution < 1.29 is 18.8 Å². The van der Waals surface area contributed by atoms with Gasteiger partial charge in [-0.05, 0) is 62.1 Å². The molecule has 0 radical (unpaired) electrons. The average Bonchev–Trinajstić information content (AvgIpc) is 3.28. The second-order valence-corrected chi connectivity index (χ2v) is 7.75. The molecule has 1 aliphatic rings. The molecule has 1 amide bonds. The van der Waals surface area contributed by atoms with Crippen LogP contribution in [0.5, 0.6) is 11.5 Å². The molecule has 31 heavy (non-hydrogen) atoms. The lowest BCUT2D eigenvalue weighted by Crippen LogP contribution is -2.41. The minimum atomic E-state index is -0.00661.